The van der Waals surface area contributed by atoms with Gasteiger partial charge in [0.15, 0.2) is 11.5 Å². The lowest BCUT2D eigenvalue weighted by Crippen LogP contribution is -2.33. The molecule has 1 aliphatic rings. The molecular weight excluding hydrogens is 404 g/mol. The zero-order valence-corrected chi connectivity index (χ0v) is 17.1. The molecule has 0 radical (unpaired) electrons. The Morgan fingerprint density at radius 1 is 1.00 bits per heavy atom. The van der Waals surface area contributed by atoms with Gasteiger partial charge in [0.05, 0.1) is 19.2 Å². The van der Waals surface area contributed by atoms with Crippen molar-refractivity contribution in [3.63, 3.8) is 0 Å². The van der Waals surface area contributed by atoms with Gasteiger partial charge in [-0.1, -0.05) is 12.1 Å². The second-order valence-electron chi connectivity index (χ2n) is 6.53. The first kappa shape index (κ1) is 21.6. The van der Waals surface area contributed by atoms with E-state index in [-0.39, 0.29) is 12.3 Å². The number of rotatable bonds is 6. The Bertz CT molecular complexity index is 1020. The van der Waals surface area contributed by atoms with Gasteiger partial charge < -0.3 is 24.8 Å². The molecule has 0 spiro atoms. The third-order valence-corrected chi connectivity index (χ3v) is 4.15. The number of fused-ring (bicyclic) bond motifs is 1. The van der Waals surface area contributed by atoms with Crippen LogP contribution >= 0.6 is 0 Å². The number of carbonyl (C=O) groups is 3. The largest absolute Gasteiger partial charge is 0.495 e. The molecule has 162 valence electrons. The van der Waals surface area contributed by atoms with Crippen LogP contribution in [0.15, 0.2) is 47.6 Å². The van der Waals surface area contributed by atoms with Crippen LogP contribution in [0.4, 0.5) is 11.4 Å². The van der Waals surface area contributed by atoms with Gasteiger partial charge >= 0.3 is 11.8 Å². The Labute approximate surface area is 178 Å². The van der Waals surface area contributed by atoms with E-state index in [0.717, 1.165) is 0 Å². The number of amides is 3. The Morgan fingerprint density at radius 2 is 1.74 bits per heavy atom. The molecule has 0 fully saturated rings. The number of hydrogen-bond acceptors (Lipinski definition) is 7. The normalized spacial score (nSPS) is 12.5. The van der Waals surface area contributed by atoms with Crippen LogP contribution in [0, 0.1) is 0 Å². The van der Waals surface area contributed by atoms with Crippen molar-refractivity contribution in [1.82, 2.24) is 5.43 Å². The Hall–Kier alpha value is -4.08. The average molecular weight is 426 g/mol. The lowest BCUT2D eigenvalue weighted by atomic mass is 10.2. The summed E-state index contributed by atoms with van der Waals surface area (Å²) in [6.07, 6.45) is -0.0805. The lowest BCUT2D eigenvalue weighted by Gasteiger charge is -2.19. The van der Waals surface area contributed by atoms with Crippen molar-refractivity contribution in [2.24, 2.45) is 5.10 Å². The number of para-hydroxylation sites is 2. The molecule has 0 saturated heterocycles. The molecule has 2 aromatic carbocycles. The number of ether oxygens (including phenoxy) is 3. The molecule has 0 aromatic heterocycles. The highest BCUT2D eigenvalue weighted by molar-refractivity contribution is 6.39. The maximum Gasteiger partial charge on any atom is 0.329 e. The molecule has 3 rings (SSSR count). The molecular formula is C21H22N4O6. The van der Waals surface area contributed by atoms with E-state index in [1.54, 1.807) is 49.4 Å². The maximum atomic E-state index is 12.2. The van der Waals surface area contributed by atoms with Crippen LogP contribution in [0.1, 0.15) is 13.3 Å². The van der Waals surface area contributed by atoms with E-state index >= 15 is 0 Å². The fraction of sp³-hybridized carbons (Fsp3) is 0.238. The van der Waals surface area contributed by atoms with E-state index in [2.05, 4.69) is 21.2 Å². The number of anilines is 2. The molecule has 10 heteroatoms. The number of hydrazone groups is 1. The van der Waals surface area contributed by atoms with Gasteiger partial charge in [0.25, 0.3) is 0 Å². The maximum absolute atomic E-state index is 12.2. The number of benzene rings is 2. The fourth-order valence-electron chi connectivity index (χ4n) is 2.72. The number of nitrogens with zero attached hydrogens (tertiary/aromatic N) is 1. The summed E-state index contributed by atoms with van der Waals surface area (Å²) in [6, 6.07) is 11.8. The summed E-state index contributed by atoms with van der Waals surface area (Å²) in [6.45, 7) is 2.49. The van der Waals surface area contributed by atoms with E-state index < -0.39 is 11.8 Å². The zero-order valence-electron chi connectivity index (χ0n) is 17.1. The van der Waals surface area contributed by atoms with Crippen LogP contribution in [0.2, 0.25) is 0 Å². The van der Waals surface area contributed by atoms with E-state index in [1.165, 1.54) is 7.11 Å². The van der Waals surface area contributed by atoms with Gasteiger partial charge in [0.1, 0.15) is 19.0 Å². The van der Waals surface area contributed by atoms with E-state index in [9.17, 15) is 14.4 Å². The standard InChI is InChI=1S/C21H22N4O6/c1-13(11-19(26)22-14-7-8-17-18(12-14)31-10-9-30-17)24-25-21(28)20(27)23-15-5-3-4-6-16(15)29-2/h3-8,12H,9-11H2,1-2H3,(H,22,26)(H,23,27)(H,25,28)/b24-13-. The fourth-order valence-corrected chi connectivity index (χ4v) is 2.72. The minimum absolute atomic E-state index is 0.0805. The minimum atomic E-state index is -0.975. The highest BCUT2D eigenvalue weighted by atomic mass is 16.6. The number of carbonyl (C=O) groups excluding carboxylic acids is 3. The van der Waals surface area contributed by atoms with Gasteiger partial charge in [-0.05, 0) is 31.2 Å². The Kier molecular flexibility index (Phi) is 7.05. The summed E-state index contributed by atoms with van der Waals surface area (Å²) in [5, 5.41) is 8.95. The van der Waals surface area contributed by atoms with Crippen molar-refractivity contribution < 1.29 is 28.6 Å². The quantitative estimate of drug-likeness (QED) is 0.368. The highest BCUT2D eigenvalue weighted by Gasteiger charge is 2.16. The van der Waals surface area contributed by atoms with Crippen molar-refractivity contribution >= 4 is 34.8 Å². The molecule has 0 bridgehead atoms. The summed E-state index contributed by atoms with van der Waals surface area (Å²) in [7, 11) is 1.45. The number of methoxy groups -OCH3 is 1. The van der Waals surface area contributed by atoms with Crippen molar-refractivity contribution in [3.8, 4) is 17.2 Å². The van der Waals surface area contributed by atoms with Crippen molar-refractivity contribution in [1.29, 1.82) is 0 Å². The summed E-state index contributed by atoms with van der Waals surface area (Å²) < 4.78 is 16.0. The molecule has 3 amide bonds. The third kappa shape index (κ3) is 5.95. The first-order valence-corrected chi connectivity index (χ1v) is 9.43. The van der Waals surface area contributed by atoms with Crippen molar-refractivity contribution in [2.45, 2.75) is 13.3 Å². The second-order valence-corrected chi connectivity index (χ2v) is 6.53. The molecule has 3 N–H and O–H groups in total. The number of nitrogens with one attached hydrogen (secondary N) is 3. The van der Waals surface area contributed by atoms with E-state index in [4.69, 9.17) is 14.2 Å². The predicted octanol–water partition coefficient (Wildman–Crippen LogP) is 1.93. The molecule has 2 aromatic rings. The first-order valence-electron chi connectivity index (χ1n) is 9.43. The SMILES string of the molecule is COc1ccccc1NC(=O)C(=O)N/N=C(/C)CC(=O)Nc1ccc2c(c1)OCCO2. The molecule has 31 heavy (non-hydrogen) atoms. The molecule has 0 unspecified atom stereocenters. The van der Waals surface area contributed by atoms with Gasteiger partial charge in [-0.25, -0.2) is 5.43 Å². The Morgan fingerprint density at radius 3 is 2.52 bits per heavy atom. The van der Waals surface area contributed by atoms with Crippen LogP contribution in [0.3, 0.4) is 0 Å². The van der Waals surface area contributed by atoms with Crippen LogP contribution < -0.4 is 30.3 Å². The average Bonchev–Trinajstić information content (AvgIpc) is 2.77. The molecule has 10 nitrogen and oxygen atoms in total. The van der Waals surface area contributed by atoms with Crippen LogP contribution in [-0.2, 0) is 14.4 Å². The van der Waals surface area contributed by atoms with E-state index in [1.807, 2.05) is 0 Å². The molecule has 0 saturated carbocycles. The van der Waals surface area contributed by atoms with Gasteiger partial charge in [-0.15, -0.1) is 0 Å². The van der Waals surface area contributed by atoms with Crippen LogP contribution in [0.5, 0.6) is 17.2 Å². The predicted molar refractivity (Wildman–Crippen MR) is 114 cm³/mol. The third-order valence-electron chi connectivity index (χ3n) is 4.15. The summed E-state index contributed by atoms with van der Waals surface area (Å²) >= 11 is 0. The zero-order chi connectivity index (χ0) is 22.2. The smallest absolute Gasteiger partial charge is 0.329 e. The molecule has 1 aliphatic heterocycles. The van der Waals surface area contributed by atoms with Gasteiger partial charge in [0.2, 0.25) is 5.91 Å². The number of hydrogen-bond donors (Lipinski definition) is 3. The lowest BCUT2D eigenvalue weighted by molar-refractivity contribution is -0.136. The molecule has 0 atom stereocenters. The first-order chi connectivity index (χ1) is 15.0. The highest BCUT2D eigenvalue weighted by Crippen LogP contribution is 2.32. The topological polar surface area (TPSA) is 127 Å². The minimum Gasteiger partial charge on any atom is -0.495 e. The van der Waals surface area contributed by atoms with Gasteiger partial charge in [-0.2, -0.15) is 5.10 Å². The molecule has 1 heterocycles. The molecule has 0 aliphatic carbocycles. The van der Waals surface area contributed by atoms with Gasteiger partial charge in [0, 0.05) is 17.5 Å². The summed E-state index contributed by atoms with van der Waals surface area (Å²) in [4.78, 5) is 36.2. The monoisotopic (exact) mass is 426 g/mol. The van der Waals surface area contributed by atoms with Crippen LogP contribution in [-0.4, -0.2) is 43.8 Å². The summed E-state index contributed by atoms with van der Waals surface area (Å²) in [5.74, 6) is -0.636. The second kappa shape index (κ2) is 10.1. The van der Waals surface area contributed by atoms with Gasteiger partial charge in [-0.3, -0.25) is 14.4 Å². The van der Waals surface area contributed by atoms with Crippen molar-refractivity contribution in [3.05, 3.63) is 42.5 Å². The van der Waals surface area contributed by atoms with Crippen molar-refractivity contribution in [2.75, 3.05) is 31.0 Å². The van der Waals surface area contributed by atoms with E-state index in [0.29, 0.717) is 47.5 Å². The van der Waals surface area contributed by atoms with Crippen LogP contribution in [0.25, 0.3) is 0 Å². The summed E-state index contributed by atoms with van der Waals surface area (Å²) in [5.41, 5.74) is 3.34. The Balaban J connectivity index is 1.50.